The smallest absolute Gasteiger partial charge is 0.168 e. The molecule has 0 aromatic heterocycles. The van der Waals surface area contributed by atoms with E-state index in [1.54, 1.807) is 20.3 Å². The summed E-state index contributed by atoms with van der Waals surface area (Å²) in [6.07, 6.45) is 0.220. The number of hydrogen-bond acceptors (Lipinski definition) is 4. The minimum atomic E-state index is 0.0231. The van der Waals surface area contributed by atoms with Gasteiger partial charge in [-0.15, -0.1) is 0 Å². The zero-order valence-electron chi connectivity index (χ0n) is 13.7. The maximum absolute atomic E-state index is 12.3. The number of carbonyl (C=O) groups excluding carboxylic acids is 1. The first kappa shape index (κ1) is 16.6. The monoisotopic (exact) mass is 311 g/mol. The van der Waals surface area contributed by atoms with Crippen molar-refractivity contribution >= 4 is 11.5 Å². The number of hydrogen-bond donors (Lipinski definition) is 1. The second-order valence-electron chi connectivity index (χ2n) is 5.26. The molecule has 0 fully saturated rings. The molecule has 0 bridgehead atoms. The molecule has 2 aromatic rings. The fraction of sp³-hybridized carbons (Fsp3) is 0.211. The molecule has 0 unspecified atom stereocenters. The van der Waals surface area contributed by atoms with Gasteiger partial charge in [0.15, 0.2) is 5.78 Å². The fourth-order valence-electron chi connectivity index (χ4n) is 2.17. The summed E-state index contributed by atoms with van der Waals surface area (Å²) in [5, 5.41) is 3.13. The summed E-state index contributed by atoms with van der Waals surface area (Å²) < 4.78 is 10.5. The van der Waals surface area contributed by atoms with Crippen molar-refractivity contribution in [2.45, 2.75) is 13.3 Å². The van der Waals surface area contributed by atoms with Gasteiger partial charge in [-0.2, -0.15) is 0 Å². The summed E-state index contributed by atoms with van der Waals surface area (Å²) in [6.45, 7) is 5.92. The minimum absolute atomic E-state index is 0.0231. The summed E-state index contributed by atoms with van der Waals surface area (Å²) in [4.78, 5) is 12.3. The van der Waals surface area contributed by atoms with E-state index in [-0.39, 0.29) is 12.2 Å². The van der Waals surface area contributed by atoms with Crippen LogP contribution in [0.25, 0.3) is 0 Å². The Morgan fingerprint density at radius 2 is 1.78 bits per heavy atom. The molecule has 1 N–H and O–H groups in total. The summed E-state index contributed by atoms with van der Waals surface area (Å²) in [5.41, 5.74) is 3.16. The van der Waals surface area contributed by atoms with E-state index in [1.165, 1.54) is 0 Å². The highest BCUT2D eigenvalue weighted by molar-refractivity contribution is 5.97. The molecule has 0 atom stereocenters. The van der Waals surface area contributed by atoms with E-state index in [0.717, 1.165) is 11.3 Å². The highest BCUT2D eigenvalue weighted by Gasteiger charge is 2.10. The van der Waals surface area contributed by atoms with E-state index in [0.29, 0.717) is 22.8 Å². The Labute approximate surface area is 136 Å². The number of benzene rings is 2. The zero-order valence-corrected chi connectivity index (χ0v) is 13.7. The van der Waals surface area contributed by atoms with Crippen LogP contribution in [-0.2, 0) is 0 Å². The van der Waals surface area contributed by atoms with Crippen LogP contribution in [0.5, 0.6) is 11.5 Å². The van der Waals surface area contributed by atoms with E-state index in [1.807, 2.05) is 43.3 Å². The molecule has 0 aliphatic carbocycles. The van der Waals surface area contributed by atoms with Crippen LogP contribution in [0.1, 0.15) is 22.3 Å². The number of aryl methyl sites for hydroxylation is 1. The van der Waals surface area contributed by atoms with Crippen molar-refractivity contribution in [2.24, 2.45) is 0 Å². The Kier molecular flexibility index (Phi) is 5.41. The summed E-state index contributed by atoms with van der Waals surface area (Å²) >= 11 is 0. The number of anilines is 1. The maximum Gasteiger partial charge on any atom is 0.168 e. The molecule has 0 saturated heterocycles. The number of allylic oxidation sites excluding steroid dienone is 1. The van der Waals surface area contributed by atoms with Crippen molar-refractivity contribution in [2.75, 3.05) is 19.5 Å². The Morgan fingerprint density at radius 1 is 1.09 bits per heavy atom. The summed E-state index contributed by atoms with van der Waals surface area (Å²) in [7, 11) is 3.18. The van der Waals surface area contributed by atoms with E-state index in [9.17, 15) is 4.79 Å². The Morgan fingerprint density at radius 3 is 2.39 bits per heavy atom. The molecular weight excluding hydrogens is 290 g/mol. The molecule has 4 nitrogen and oxygen atoms in total. The number of methoxy groups -OCH3 is 2. The van der Waals surface area contributed by atoms with Crippen molar-refractivity contribution in [1.29, 1.82) is 0 Å². The molecule has 0 aliphatic rings. The molecule has 0 spiro atoms. The number of carbonyl (C=O) groups is 1. The van der Waals surface area contributed by atoms with Gasteiger partial charge in [-0.25, -0.2) is 0 Å². The van der Waals surface area contributed by atoms with Crippen molar-refractivity contribution in [1.82, 2.24) is 0 Å². The molecule has 2 aromatic carbocycles. The van der Waals surface area contributed by atoms with Gasteiger partial charge < -0.3 is 14.8 Å². The van der Waals surface area contributed by atoms with Crippen LogP contribution >= 0.6 is 0 Å². The third-order valence-electron chi connectivity index (χ3n) is 3.47. The normalized spacial score (nSPS) is 10.0. The highest BCUT2D eigenvalue weighted by atomic mass is 16.5. The van der Waals surface area contributed by atoms with Crippen LogP contribution in [0.4, 0.5) is 5.69 Å². The molecule has 23 heavy (non-hydrogen) atoms. The lowest BCUT2D eigenvalue weighted by atomic mass is 10.1. The van der Waals surface area contributed by atoms with Crippen molar-refractivity contribution in [3.63, 3.8) is 0 Å². The first-order chi connectivity index (χ1) is 11.0. The first-order valence-corrected chi connectivity index (χ1v) is 7.30. The minimum Gasteiger partial charge on any atom is -0.497 e. The van der Waals surface area contributed by atoms with Crippen molar-refractivity contribution in [3.05, 3.63) is 65.9 Å². The molecule has 4 heteroatoms. The van der Waals surface area contributed by atoms with Gasteiger partial charge in [-0.05, 0) is 19.1 Å². The average molecular weight is 311 g/mol. The number of rotatable bonds is 7. The van der Waals surface area contributed by atoms with Crippen LogP contribution in [0, 0.1) is 6.92 Å². The van der Waals surface area contributed by atoms with E-state index >= 15 is 0 Å². The van der Waals surface area contributed by atoms with Gasteiger partial charge in [0, 0.05) is 17.3 Å². The first-order valence-electron chi connectivity index (χ1n) is 7.30. The van der Waals surface area contributed by atoms with Crippen molar-refractivity contribution in [3.8, 4) is 11.5 Å². The SMILES string of the molecule is C=C(CC(=O)c1ccc(C)cc1)Nc1ccc(OC)cc1OC. The molecule has 0 radical (unpaired) electrons. The maximum atomic E-state index is 12.3. The molecule has 2 rings (SSSR count). The third kappa shape index (κ3) is 4.36. The van der Waals surface area contributed by atoms with Crippen LogP contribution < -0.4 is 14.8 Å². The predicted molar refractivity (Wildman–Crippen MR) is 92.4 cm³/mol. The summed E-state index contributed by atoms with van der Waals surface area (Å²) in [5.74, 6) is 1.36. The lowest BCUT2D eigenvalue weighted by Crippen LogP contribution is -2.07. The molecule has 0 heterocycles. The molecule has 0 amide bonds. The van der Waals surface area contributed by atoms with Gasteiger partial charge in [-0.1, -0.05) is 36.4 Å². The predicted octanol–water partition coefficient (Wildman–Crippen LogP) is 4.21. The van der Waals surface area contributed by atoms with Gasteiger partial charge in [0.05, 0.1) is 26.3 Å². The summed E-state index contributed by atoms with van der Waals surface area (Å²) in [6, 6.07) is 12.9. The Hall–Kier alpha value is -2.75. The third-order valence-corrected chi connectivity index (χ3v) is 3.47. The number of Topliss-reactive ketones (excluding diaryl/α,β-unsaturated/α-hetero) is 1. The van der Waals surface area contributed by atoms with Gasteiger partial charge in [0.1, 0.15) is 11.5 Å². The number of ketones is 1. The number of nitrogens with one attached hydrogen (secondary N) is 1. The van der Waals surface area contributed by atoms with Gasteiger partial charge in [0.25, 0.3) is 0 Å². The standard InChI is InChI=1S/C19H21NO3/c1-13-5-7-15(8-6-13)18(21)11-14(2)20-17-10-9-16(22-3)12-19(17)23-4/h5-10,12,20H,2,11H2,1,3-4H3. The topological polar surface area (TPSA) is 47.6 Å². The highest BCUT2D eigenvalue weighted by Crippen LogP contribution is 2.30. The Bertz CT molecular complexity index is 705. The van der Waals surface area contributed by atoms with E-state index in [4.69, 9.17) is 9.47 Å². The fourth-order valence-corrected chi connectivity index (χ4v) is 2.17. The second kappa shape index (κ2) is 7.49. The molecular formula is C19H21NO3. The van der Waals surface area contributed by atoms with Crippen molar-refractivity contribution < 1.29 is 14.3 Å². The largest absolute Gasteiger partial charge is 0.497 e. The molecule has 0 saturated carbocycles. The zero-order chi connectivity index (χ0) is 16.8. The van der Waals surface area contributed by atoms with Gasteiger partial charge in [-0.3, -0.25) is 4.79 Å². The van der Waals surface area contributed by atoms with Crippen LogP contribution in [0.2, 0.25) is 0 Å². The molecule has 120 valence electrons. The Balaban J connectivity index is 2.04. The molecule has 0 aliphatic heterocycles. The van der Waals surface area contributed by atoms with Gasteiger partial charge >= 0.3 is 0 Å². The lowest BCUT2D eigenvalue weighted by molar-refractivity contribution is 0.0993. The number of ether oxygens (including phenoxy) is 2. The van der Waals surface area contributed by atoms with Crippen LogP contribution in [0.15, 0.2) is 54.7 Å². The lowest BCUT2D eigenvalue weighted by Gasteiger charge is -2.14. The van der Waals surface area contributed by atoms with E-state index in [2.05, 4.69) is 11.9 Å². The van der Waals surface area contributed by atoms with Crippen LogP contribution in [-0.4, -0.2) is 20.0 Å². The average Bonchev–Trinajstić information content (AvgIpc) is 2.55. The van der Waals surface area contributed by atoms with Crippen LogP contribution in [0.3, 0.4) is 0 Å². The van der Waals surface area contributed by atoms with Gasteiger partial charge in [0.2, 0.25) is 0 Å². The van der Waals surface area contributed by atoms with E-state index < -0.39 is 0 Å². The second-order valence-corrected chi connectivity index (χ2v) is 5.26. The quantitative estimate of drug-likeness (QED) is 0.778.